The number of urea groups is 1. The number of aromatic nitrogens is 3. The molecule has 0 bridgehead atoms. The average molecular weight is 712 g/mol. The number of H-pyrrole nitrogens is 1. The molecule has 0 aliphatic heterocycles. The average Bonchev–Trinajstić information content (AvgIpc) is 3.59. The van der Waals surface area contributed by atoms with Crippen molar-refractivity contribution in [1.29, 1.82) is 0 Å². The number of benzene rings is 5. The van der Waals surface area contributed by atoms with Crippen molar-refractivity contribution >= 4 is 50.5 Å². The van der Waals surface area contributed by atoms with Crippen molar-refractivity contribution < 1.29 is 32.5 Å². The summed E-state index contributed by atoms with van der Waals surface area (Å²) < 4.78 is 52.8. The molecule has 258 valence electrons. The van der Waals surface area contributed by atoms with Crippen LogP contribution < -0.4 is 25.0 Å². The number of hydrogen-bond donors (Lipinski definition) is 4. The van der Waals surface area contributed by atoms with Crippen molar-refractivity contribution in [2.75, 3.05) is 10.6 Å². The van der Waals surface area contributed by atoms with E-state index in [9.17, 15) is 27.9 Å². The molecule has 4 N–H and O–H groups in total. The number of ether oxygens (including phenoxy) is 2. The molecule has 7 rings (SSSR count). The van der Waals surface area contributed by atoms with Crippen LogP contribution >= 0.6 is 11.3 Å². The maximum absolute atomic E-state index is 12.9. The zero-order chi connectivity index (χ0) is 35.7. The first-order chi connectivity index (χ1) is 24.5. The molecule has 14 heteroatoms. The third kappa shape index (κ3) is 7.50. The minimum absolute atomic E-state index is 0.106. The number of amides is 2. The normalized spacial score (nSPS) is 11.5. The van der Waals surface area contributed by atoms with E-state index in [1.54, 1.807) is 18.2 Å². The van der Waals surface area contributed by atoms with E-state index in [4.69, 9.17) is 14.5 Å². The van der Waals surface area contributed by atoms with Crippen molar-refractivity contribution in [3.05, 3.63) is 135 Å². The zero-order valence-corrected chi connectivity index (χ0v) is 27.6. The second kappa shape index (κ2) is 13.6. The van der Waals surface area contributed by atoms with Gasteiger partial charge in [0, 0.05) is 30.6 Å². The lowest BCUT2D eigenvalue weighted by atomic mass is 10.1. The fraction of sp³-hybridized carbons (Fsp3) is 0.108. The Morgan fingerprint density at radius 1 is 0.922 bits per heavy atom. The van der Waals surface area contributed by atoms with Gasteiger partial charge in [-0.25, -0.2) is 9.78 Å². The Bertz CT molecular complexity index is 2440. The minimum atomic E-state index is -4.47. The lowest BCUT2D eigenvalue weighted by Gasteiger charge is -2.13. The number of aromatic hydroxyl groups is 1. The number of aromatic amines is 1. The van der Waals surface area contributed by atoms with E-state index in [2.05, 4.69) is 15.6 Å². The predicted octanol–water partition coefficient (Wildman–Crippen LogP) is 8.81. The lowest BCUT2D eigenvalue weighted by Crippen LogP contribution is -2.19. The highest BCUT2D eigenvalue weighted by molar-refractivity contribution is 7.09. The molecular weight excluding hydrogens is 683 g/mol. The number of nitrogens with zero attached hydrogens (tertiary/aromatic N) is 2. The molecule has 0 aliphatic carbocycles. The fourth-order valence-corrected chi connectivity index (χ4v) is 6.27. The molecule has 2 amide bonds. The molecule has 0 aliphatic rings. The van der Waals surface area contributed by atoms with Gasteiger partial charge in [0.25, 0.3) is 0 Å². The van der Waals surface area contributed by atoms with Gasteiger partial charge in [-0.15, -0.1) is 0 Å². The first kappa shape index (κ1) is 33.2. The minimum Gasteiger partial charge on any atom is -0.494 e. The quantitative estimate of drug-likeness (QED) is 0.118. The molecule has 0 atom stereocenters. The first-order valence-electron chi connectivity index (χ1n) is 15.5. The number of nitrogens with one attached hydrogen (secondary N) is 3. The number of carbonyl (C=O) groups excluding carboxylic acids is 1. The van der Waals surface area contributed by atoms with Crippen LogP contribution in [0.25, 0.3) is 21.8 Å². The highest BCUT2D eigenvalue weighted by Gasteiger charge is 2.30. The number of carbonyl (C=O) groups is 1. The number of rotatable bonds is 9. The van der Waals surface area contributed by atoms with Crippen molar-refractivity contribution in [3.8, 4) is 23.1 Å². The van der Waals surface area contributed by atoms with E-state index in [1.807, 2.05) is 72.3 Å². The number of halogens is 3. The number of thiazole rings is 1. The Morgan fingerprint density at radius 2 is 1.65 bits per heavy atom. The third-order valence-electron chi connectivity index (χ3n) is 8.11. The van der Waals surface area contributed by atoms with Crippen LogP contribution in [0.3, 0.4) is 0 Å². The summed E-state index contributed by atoms with van der Waals surface area (Å²) in [4.78, 5) is 31.6. The van der Waals surface area contributed by atoms with Gasteiger partial charge in [0.05, 0.1) is 27.2 Å². The van der Waals surface area contributed by atoms with Crippen molar-refractivity contribution in [3.63, 3.8) is 0 Å². The molecule has 0 fully saturated rings. The molecule has 0 spiro atoms. The summed E-state index contributed by atoms with van der Waals surface area (Å²) in [6, 6.07) is 27.4. The number of alkyl halides is 3. The maximum Gasteiger partial charge on any atom is 0.416 e. The SMILES string of the molecule is Cn1c(COc2ccc(Cc3sc(=O)[nH]c3O)cc2)nc2ccc(Oc3ccc4cccc(NC(=O)Nc5ccc(C(F)(F)F)cc5)c4c3)cc21. The van der Waals surface area contributed by atoms with Gasteiger partial charge in [-0.3, -0.25) is 9.78 Å². The van der Waals surface area contributed by atoms with Crippen LogP contribution in [0.5, 0.6) is 23.1 Å². The second-order valence-corrected chi connectivity index (χ2v) is 12.6. The lowest BCUT2D eigenvalue weighted by molar-refractivity contribution is -0.137. The Kier molecular flexibility index (Phi) is 8.83. The summed E-state index contributed by atoms with van der Waals surface area (Å²) in [5, 5.41) is 16.7. The topological polar surface area (TPSA) is 130 Å². The van der Waals surface area contributed by atoms with Gasteiger partial charge in [-0.05, 0) is 77.7 Å². The van der Waals surface area contributed by atoms with Gasteiger partial charge < -0.3 is 29.8 Å². The number of hydrogen-bond acceptors (Lipinski definition) is 7. The first-order valence-corrected chi connectivity index (χ1v) is 16.3. The van der Waals surface area contributed by atoms with E-state index in [0.29, 0.717) is 45.4 Å². The van der Waals surface area contributed by atoms with Gasteiger partial charge in [0.1, 0.15) is 29.7 Å². The van der Waals surface area contributed by atoms with Crippen LogP contribution in [0.2, 0.25) is 0 Å². The molecule has 0 unspecified atom stereocenters. The van der Waals surface area contributed by atoms with Crippen molar-refractivity contribution in [2.24, 2.45) is 7.05 Å². The highest BCUT2D eigenvalue weighted by atomic mass is 32.1. The Labute approximate surface area is 291 Å². The summed E-state index contributed by atoms with van der Waals surface area (Å²) in [5.74, 6) is 2.32. The molecule has 2 aromatic heterocycles. The van der Waals surface area contributed by atoms with E-state index in [-0.39, 0.29) is 23.0 Å². The van der Waals surface area contributed by atoms with Gasteiger partial charge in [0.2, 0.25) is 5.88 Å². The van der Waals surface area contributed by atoms with Crippen LogP contribution in [0.4, 0.5) is 29.3 Å². The number of aryl methyl sites for hydroxylation is 1. The zero-order valence-electron chi connectivity index (χ0n) is 26.7. The summed E-state index contributed by atoms with van der Waals surface area (Å²) in [6.07, 6.45) is -4.04. The predicted molar refractivity (Wildman–Crippen MR) is 189 cm³/mol. The van der Waals surface area contributed by atoms with Crippen LogP contribution in [-0.4, -0.2) is 25.7 Å². The Balaban J connectivity index is 1.01. The molecule has 2 heterocycles. The summed E-state index contributed by atoms with van der Waals surface area (Å²) >= 11 is 0.978. The molecule has 51 heavy (non-hydrogen) atoms. The summed E-state index contributed by atoms with van der Waals surface area (Å²) in [6.45, 7) is 0.216. The second-order valence-electron chi connectivity index (χ2n) is 11.6. The molecule has 0 saturated carbocycles. The van der Waals surface area contributed by atoms with E-state index < -0.39 is 17.8 Å². The van der Waals surface area contributed by atoms with E-state index in [0.717, 1.165) is 45.5 Å². The smallest absolute Gasteiger partial charge is 0.416 e. The highest BCUT2D eigenvalue weighted by Crippen LogP contribution is 2.33. The molecule has 0 radical (unpaired) electrons. The van der Waals surface area contributed by atoms with E-state index >= 15 is 0 Å². The van der Waals surface area contributed by atoms with Crippen LogP contribution in [0, 0.1) is 0 Å². The summed E-state index contributed by atoms with van der Waals surface area (Å²) in [5.41, 5.74) is 2.40. The van der Waals surface area contributed by atoms with Crippen LogP contribution in [0.1, 0.15) is 21.8 Å². The number of imidazole rings is 1. The fourth-order valence-electron chi connectivity index (χ4n) is 5.51. The molecular formula is C37H28F3N5O5S. The molecule has 10 nitrogen and oxygen atoms in total. The van der Waals surface area contributed by atoms with Gasteiger partial charge in [-0.1, -0.05) is 41.7 Å². The van der Waals surface area contributed by atoms with Crippen LogP contribution in [0.15, 0.2) is 108 Å². The summed E-state index contributed by atoms with van der Waals surface area (Å²) in [7, 11) is 1.89. The Morgan fingerprint density at radius 3 is 2.37 bits per heavy atom. The molecule has 7 aromatic rings. The van der Waals surface area contributed by atoms with Gasteiger partial charge in [0.15, 0.2) is 0 Å². The molecule has 0 saturated heterocycles. The van der Waals surface area contributed by atoms with Gasteiger partial charge in [-0.2, -0.15) is 13.2 Å². The largest absolute Gasteiger partial charge is 0.494 e. The standard InChI is InChI=1S/C37H28F3N5O5S/c1-45-31-19-27(15-16-30(31)42-33(45)20-49-25-12-5-21(6-13-25)17-32-34(46)44-36(48)51-32)50-26-14-7-22-3-2-4-29(28(22)18-26)43-35(47)41-24-10-8-23(9-11-24)37(38,39)40/h2-16,18-19,46H,17,20H2,1H3,(H,44,48)(H2,41,43,47). The van der Waals surface area contributed by atoms with Crippen LogP contribution in [-0.2, 0) is 26.3 Å². The van der Waals surface area contributed by atoms with Gasteiger partial charge >= 0.3 is 17.1 Å². The molecule has 5 aromatic carbocycles. The Hall–Kier alpha value is -6.28. The van der Waals surface area contributed by atoms with Crippen molar-refractivity contribution in [1.82, 2.24) is 14.5 Å². The third-order valence-corrected chi connectivity index (χ3v) is 8.98. The van der Waals surface area contributed by atoms with Crippen molar-refractivity contribution in [2.45, 2.75) is 19.2 Å². The number of anilines is 2. The number of fused-ring (bicyclic) bond motifs is 2. The maximum atomic E-state index is 12.9. The monoisotopic (exact) mass is 711 g/mol. The van der Waals surface area contributed by atoms with E-state index in [1.165, 1.54) is 12.1 Å².